The molecular formula is C32H52O7. The van der Waals surface area contributed by atoms with Gasteiger partial charge < -0.3 is 24.1 Å². The van der Waals surface area contributed by atoms with Crippen molar-refractivity contribution in [1.82, 2.24) is 0 Å². The fourth-order valence-corrected chi connectivity index (χ4v) is 5.87. The van der Waals surface area contributed by atoms with Crippen molar-refractivity contribution in [2.45, 2.75) is 135 Å². The van der Waals surface area contributed by atoms with Crippen LogP contribution in [0.5, 0.6) is 0 Å². The van der Waals surface area contributed by atoms with Gasteiger partial charge in [0.15, 0.2) is 12.6 Å². The summed E-state index contributed by atoms with van der Waals surface area (Å²) in [7, 11) is 0. The summed E-state index contributed by atoms with van der Waals surface area (Å²) in [5.74, 6) is -0.315. The molecule has 0 aromatic carbocycles. The number of Topliss-reactive ketones (excluding diaryl/α,β-unsaturated/α-hetero) is 1. The van der Waals surface area contributed by atoms with E-state index in [1.165, 1.54) is 5.57 Å². The molecule has 7 nitrogen and oxygen atoms in total. The quantitative estimate of drug-likeness (QED) is 0.164. The lowest BCUT2D eigenvalue weighted by Gasteiger charge is -2.31. The summed E-state index contributed by atoms with van der Waals surface area (Å²) in [6.45, 7) is 7.91. The van der Waals surface area contributed by atoms with Crippen LogP contribution in [0.2, 0.25) is 0 Å². The molecule has 222 valence electrons. The molecule has 0 amide bonds. The topological polar surface area (TPSA) is 91.3 Å². The van der Waals surface area contributed by atoms with Crippen molar-refractivity contribution in [3.63, 3.8) is 0 Å². The number of hydrogen-bond donors (Lipinski definition) is 1. The summed E-state index contributed by atoms with van der Waals surface area (Å²) in [5, 5.41) is 8.89. The van der Waals surface area contributed by atoms with Crippen LogP contribution in [0.4, 0.5) is 0 Å². The van der Waals surface area contributed by atoms with Gasteiger partial charge in [-0.2, -0.15) is 0 Å². The van der Waals surface area contributed by atoms with E-state index in [9.17, 15) is 9.59 Å². The second-order valence-electron chi connectivity index (χ2n) is 11.9. The second kappa shape index (κ2) is 17.3. The van der Waals surface area contributed by atoms with Gasteiger partial charge in [-0.15, -0.1) is 0 Å². The van der Waals surface area contributed by atoms with E-state index in [0.29, 0.717) is 19.4 Å². The zero-order valence-electron chi connectivity index (χ0n) is 24.5. The number of allylic oxidation sites excluding steroid dienone is 2. The highest BCUT2D eigenvalue weighted by Crippen LogP contribution is 2.38. The van der Waals surface area contributed by atoms with Crippen molar-refractivity contribution in [1.29, 1.82) is 0 Å². The number of hydrogen-bond acceptors (Lipinski definition) is 6. The molecule has 0 radical (unpaired) electrons. The molecule has 0 spiro atoms. The van der Waals surface area contributed by atoms with Gasteiger partial charge >= 0.3 is 5.97 Å². The van der Waals surface area contributed by atoms with E-state index in [1.807, 2.05) is 0 Å². The number of aliphatic carboxylic acids is 1. The Morgan fingerprint density at radius 1 is 1.03 bits per heavy atom. The summed E-state index contributed by atoms with van der Waals surface area (Å²) in [5.41, 5.74) is 1.30. The van der Waals surface area contributed by atoms with Crippen LogP contribution in [-0.4, -0.2) is 54.9 Å². The third kappa shape index (κ3) is 11.5. The maximum atomic E-state index is 13.2. The Hall–Kier alpha value is -1.54. The summed E-state index contributed by atoms with van der Waals surface area (Å²) in [6, 6.07) is 0. The zero-order valence-corrected chi connectivity index (χ0v) is 24.5. The number of rotatable bonds is 16. The van der Waals surface area contributed by atoms with E-state index < -0.39 is 5.97 Å². The first-order valence-corrected chi connectivity index (χ1v) is 15.4. The highest BCUT2D eigenvalue weighted by atomic mass is 16.7. The summed E-state index contributed by atoms with van der Waals surface area (Å²) in [4.78, 5) is 24.0. The van der Waals surface area contributed by atoms with Crippen LogP contribution in [0, 0.1) is 17.8 Å². The van der Waals surface area contributed by atoms with Crippen molar-refractivity contribution in [2.75, 3.05) is 13.2 Å². The van der Waals surface area contributed by atoms with E-state index in [-0.39, 0.29) is 54.7 Å². The van der Waals surface area contributed by atoms with Gasteiger partial charge in [-0.25, -0.2) is 0 Å². The summed E-state index contributed by atoms with van der Waals surface area (Å²) >= 11 is 0. The monoisotopic (exact) mass is 548 g/mol. The Balaban J connectivity index is 1.71. The molecule has 7 heteroatoms. The van der Waals surface area contributed by atoms with Crippen molar-refractivity contribution in [3.05, 3.63) is 23.8 Å². The van der Waals surface area contributed by atoms with Gasteiger partial charge in [0.25, 0.3) is 0 Å². The van der Waals surface area contributed by atoms with Gasteiger partial charge in [0.2, 0.25) is 0 Å². The zero-order chi connectivity index (χ0) is 28.0. The molecule has 1 N–H and O–H groups in total. The van der Waals surface area contributed by atoms with Gasteiger partial charge in [0, 0.05) is 37.9 Å². The van der Waals surface area contributed by atoms with E-state index in [2.05, 4.69) is 39.0 Å². The molecule has 3 aliphatic rings. The van der Waals surface area contributed by atoms with Crippen LogP contribution < -0.4 is 0 Å². The predicted octanol–water partition coefficient (Wildman–Crippen LogP) is 6.99. The first-order chi connectivity index (χ1) is 18.8. The third-order valence-electron chi connectivity index (χ3n) is 8.26. The van der Waals surface area contributed by atoms with Gasteiger partial charge in [-0.1, -0.05) is 50.0 Å². The van der Waals surface area contributed by atoms with Gasteiger partial charge in [-0.05, 0) is 77.6 Å². The molecule has 0 aromatic rings. The van der Waals surface area contributed by atoms with Crippen LogP contribution in [0.3, 0.4) is 0 Å². The Morgan fingerprint density at radius 2 is 1.72 bits per heavy atom. The van der Waals surface area contributed by atoms with Crippen molar-refractivity contribution in [3.8, 4) is 0 Å². The highest BCUT2D eigenvalue weighted by molar-refractivity contribution is 5.84. The number of unbranched alkanes of at least 4 members (excludes halogenated alkanes) is 3. The maximum Gasteiger partial charge on any atom is 0.303 e. The molecule has 2 aliphatic heterocycles. The van der Waals surface area contributed by atoms with E-state index in [1.54, 1.807) is 0 Å². The standard InChI is InChI=1S/C32H52O7/c1-23(2)16-17-24(3)28(38-31-14-8-10-20-36-31)19-18-26-25(12-6-4-5-7-13-30(34)35)27(33)22-29(26)39-32-15-9-11-21-37-32/h16,18-19,24-26,28-29,31-32H,4-15,17,20-22H2,1-3H3,(H,34,35)/b19-18+/t24?,25-,26-,28+,29-,31?,32?/m1/s1. The Labute approximate surface area is 235 Å². The highest BCUT2D eigenvalue weighted by Gasteiger charge is 2.42. The van der Waals surface area contributed by atoms with Crippen molar-refractivity contribution in [2.24, 2.45) is 17.8 Å². The molecule has 3 unspecified atom stereocenters. The predicted molar refractivity (Wildman–Crippen MR) is 151 cm³/mol. The number of ketones is 1. The number of carbonyl (C=O) groups is 2. The van der Waals surface area contributed by atoms with Gasteiger partial charge in [-0.3, -0.25) is 9.59 Å². The lowest BCUT2D eigenvalue weighted by Crippen LogP contribution is -2.32. The Bertz CT molecular complexity index is 790. The minimum absolute atomic E-state index is 0.0175. The van der Waals surface area contributed by atoms with Crippen molar-refractivity contribution >= 4 is 11.8 Å². The molecular weight excluding hydrogens is 496 g/mol. The fraction of sp³-hybridized carbons (Fsp3) is 0.812. The SMILES string of the molecule is CC(C)=CCC(C)[C@H](/C=C/[C@H]1[C@H](OC2CCCCO2)CC(=O)[C@@H]1CCCCCCC(=O)O)OC1CCCCO1. The molecule has 0 aromatic heterocycles. The first kappa shape index (κ1) is 32.0. The van der Waals surface area contributed by atoms with Gasteiger partial charge in [0.1, 0.15) is 5.78 Å². The summed E-state index contributed by atoms with van der Waals surface area (Å²) in [6.07, 6.45) is 17.8. The normalized spacial score (nSPS) is 29.4. The number of carboxylic acid groups (broad SMARTS) is 1. The molecule has 0 bridgehead atoms. The Morgan fingerprint density at radius 3 is 2.36 bits per heavy atom. The van der Waals surface area contributed by atoms with E-state index in [0.717, 1.165) is 77.2 Å². The number of ether oxygens (including phenoxy) is 4. The Kier molecular flexibility index (Phi) is 14.2. The van der Waals surface area contributed by atoms with Gasteiger partial charge in [0.05, 0.1) is 12.2 Å². The lowest BCUT2D eigenvalue weighted by molar-refractivity contribution is -0.193. The lowest BCUT2D eigenvalue weighted by atomic mass is 9.87. The van der Waals surface area contributed by atoms with E-state index in [4.69, 9.17) is 24.1 Å². The number of carbonyl (C=O) groups excluding carboxylic acids is 1. The average Bonchev–Trinajstić information content (AvgIpc) is 3.21. The minimum Gasteiger partial charge on any atom is -0.481 e. The molecule has 1 saturated carbocycles. The van der Waals surface area contributed by atoms with Crippen LogP contribution in [0.15, 0.2) is 23.8 Å². The van der Waals surface area contributed by atoms with E-state index >= 15 is 0 Å². The molecule has 2 saturated heterocycles. The second-order valence-corrected chi connectivity index (χ2v) is 11.9. The molecule has 39 heavy (non-hydrogen) atoms. The van der Waals surface area contributed by atoms with Crippen LogP contribution in [-0.2, 0) is 28.5 Å². The maximum absolute atomic E-state index is 13.2. The molecule has 3 fully saturated rings. The first-order valence-electron chi connectivity index (χ1n) is 15.4. The largest absolute Gasteiger partial charge is 0.481 e. The smallest absolute Gasteiger partial charge is 0.303 e. The summed E-state index contributed by atoms with van der Waals surface area (Å²) < 4.78 is 24.7. The molecule has 1 aliphatic carbocycles. The van der Waals surface area contributed by atoms with Crippen LogP contribution >= 0.6 is 0 Å². The average molecular weight is 549 g/mol. The third-order valence-corrected chi connectivity index (χ3v) is 8.26. The van der Waals surface area contributed by atoms with Crippen molar-refractivity contribution < 1.29 is 33.6 Å². The van der Waals surface area contributed by atoms with Crippen LogP contribution in [0.1, 0.15) is 111 Å². The fourth-order valence-electron chi connectivity index (χ4n) is 5.87. The number of carboxylic acids is 1. The molecule has 7 atom stereocenters. The molecule has 3 rings (SSSR count). The molecule has 2 heterocycles. The van der Waals surface area contributed by atoms with Crippen LogP contribution in [0.25, 0.3) is 0 Å². The minimum atomic E-state index is -0.745.